The minimum Gasteiger partial charge on any atom is -0.325 e. The summed E-state index contributed by atoms with van der Waals surface area (Å²) in [4.78, 5) is 14.3. The number of benzene rings is 1. The second-order valence-corrected chi connectivity index (χ2v) is 6.59. The summed E-state index contributed by atoms with van der Waals surface area (Å²) in [6.45, 7) is 8.58. The van der Waals surface area contributed by atoms with Crippen LogP contribution in [0.25, 0.3) is 0 Å². The molecule has 0 spiro atoms. The minimum atomic E-state index is 0. The van der Waals surface area contributed by atoms with E-state index in [2.05, 4.69) is 45.3 Å². The molecule has 1 aliphatic rings. The summed E-state index contributed by atoms with van der Waals surface area (Å²) in [6, 6.07) is 6.74. The molecule has 6 heteroatoms. The zero-order valence-corrected chi connectivity index (χ0v) is 15.1. The maximum absolute atomic E-state index is 12.1. The number of hydrogen-bond acceptors (Lipinski definition) is 3. The van der Waals surface area contributed by atoms with Crippen molar-refractivity contribution in [2.45, 2.75) is 32.9 Å². The summed E-state index contributed by atoms with van der Waals surface area (Å²) < 4.78 is 1.03. The number of halogens is 2. The first-order valence-corrected chi connectivity index (χ1v) is 7.77. The van der Waals surface area contributed by atoms with Crippen molar-refractivity contribution >= 4 is 39.9 Å². The van der Waals surface area contributed by atoms with Crippen molar-refractivity contribution in [2.24, 2.45) is 0 Å². The number of rotatable bonds is 3. The number of hydrogen-bond donors (Lipinski definition) is 2. The Morgan fingerprint density at radius 1 is 1.38 bits per heavy atom. The van der Waals surface area contributed by atoms with E-state index in [1.165, 1.54) is 0 Å². The third kappa shape index (κ3) is 5.58. The molecule has 1 heterocycles. The highest BCUT2D eigenvalue weighted by Gasteiger charge is 2.22. The summed E-state index contributed by atoms with van der Waals surface area (Å²) >= 11 is 3.43. The van der Waals surface area contributed by atoms with Crippen molar-refractivity contribution in [3.63, 3.8) is 0 Å². The standard InChI is InChI=1S/C15H22BrN3O.ClH/c1-10-6-13(16)4-5-14(10)18-15(20)9-19-7-11(2)17-12(3)8-19;/h4-6,11-12,17H,7-9H2,1-3H3,(H,18,20);1H. The van der Waals surface area contributed by atoms with Gasteiger partial charge in [-0.3, -0.25) is 9.69 Å². The highest BCUT2D eigenvalue weighted by Crippen LogP contribution is 2.20. The number of carbonyl (C=O) groups excluding carboxylic acids is 1. The topological polar surface area (TPSA) is 44.4 Å². The van der Waals surface area contributed by atoms with E-state index >= 15 is 0 Å². The number of anilines is 1. The first kappa shape index (κ1) is 18.4. The molecular weight excluding hydrogens is 354 g/mol. The summed E-state index contributed by atoms with van der Waals surface area (Å²) in [5.41, 5.74) is 1.95. The number of amides is 1. The summed E-state index contributed by atoms with van der Waals surface area (Å²) in [7, 11) is 0. The Labute approximate surface area is 141 Å². The fraction of sp³-hybridized carbons (Fsp3) is 0.533. The molecule has 0 bridgehead atoms. The van der Waals surface area contributed by atoms with E-state index in [0.29, 0.717) is 18.6 Å². The van der Waals surface area contributed by atoms with Crippen molar-refractivity contribution in [1.82, 2.24) is 10.2 Å². The van der Waals surface area contributed by atoms with Crippen molar-refractivity contribution < 1.29 is 4.79 Å². The molecular formula is C15H23BrClN3O. The predicted molar refractivity (Wildman–Crippen MR) is 93.3 cm³/mol. The van der Waals surface area contributed by atoms with Gasteiger partial charge in [0.25, 0.3) is 0 Å². The minimum absolute atomic E-state index is 0. The Hall–Kier alpha value is -0.620. The smallest absolute Gasteiger partial charge is 0.238 e. The molecule has 0 aromatic heterocycles. The lowest BCUT2D eigenvalue weighted by molar-refractivity contribution is -0.117. The zero-order chi connectivity index (χ0) is 14.7. The van der Waals surface area contributed by atoms with Gasteiger partial charge in [-0.15, -0.1) is 12.4 Å². The Morgan fingerprint density at radius 3 is 2.57 bits per heavy atom. The lowest BCUT2D eigenvalue weighted by atomic mass is 10.1. The monoisotopic (exact) mass is 375 g/mol. The van der Waals surface area contributed by atoms with Gasteiger partial charge in [-0.25, -0.2) is 0 Å². The molecule has 1 aliphatic heterocycles. The van der Waals surface area contributed by atoms with Gasteiger partial charge in [0.1, 0.15) is 0 Å². The van der Waals surface area contributed by atoms with Crippen LogP contribution in [0.3, 0.4) is 0 Å². The average Bonchev–Trinajstić information content (AvgIpc) is 2.31. The molecule has 1 saturated heterocycles. The molecule has 2 atom stereocenters. The third-order valence-electron chi connectivity index (χ3n) is 3.46. The van der Waals surface area contributed by atoms with E-state index in [9.17, 15) is 4.79 Å². The van der Waals surface area contributed by atoms with Crippen molar-refractivity contribution in [2.75, 3.05) is 25.0 Å². The molecule has 4 nitrogen and oxygen atoms in total. The van der Waals surface area contributed by atoms with Crippen LogP contribution in [0, 0.1) is 6.92 Å². The SMILES string of the molecule is Cc1cc(Br)ccc1NC(=O)CN1CC(C)NC(C)C1.Cl. The van der Waals surface area contributed by atoms with Gasteiger partial charge in [-0.2, -0.15) is 0 Å². The largest absolute Gasteiger partial charge is 0.325 e. The van der Waals surface area contributed by atoms with Crippen LogP contribution >= 0.6 is 28.3 Å². The van der Waals surface area contributed by atoms with Gasteiger partial charge < -0.3 is 10.6 Å². The second-order valence-electron chi connectivity index (χ2n) is 5.67. The fourth-order valence-electron chi connectivity index (χ4n) is 2.73. The molecule has 0 saturated carbocycles. The molecule has 2 rings (SSSR count). The molecule has 1 amide bonds. The van der Waals surface area contributed by atoms with E-state index in [-0.39, 0.29) is 18.3 Å². The Bertz CT molecular complexity index is 488. The lowest BCUT2D eigenvalue weighted by Gasteiger charge is -2.35. The number of piperazine rings is 1. The summed E-state index contributed by atoms with van der Waals surface area (Å²) in [6.07, 6.45) is 0. The quantitative estimate of drug-likeness (QED) is 0.852. The van der Waals surface area contributed by atoms with Crippen LogP contribution in [0.15, 0.2) is 22.7 Å². The van der Waals surface area contributed by atoms with Crippen molar-refractivity contribution in [3.05, 3.63) is 28.2 Å². The molecule has 0 radical (unpaired) electrons. The van der Waals surface area contributed by atoms with Crippen LogP contribution in [0.5, 0.6) is 0 Å². The van der Waals surface area contributed by atoms with Gasteiger partial charge in [0.2, 0.25) is 5.91 Å². The Balaban J connectivity index is 0.00000220. The van der Waals surface area contributed by atoms with E-state index < -0.39 is 0 Å². The molecule has 1 aromatic rings. The lowest BCUT2D eigenvalue weighted by Crippen LogP contribution is -2.55. The molecule has 1 aromatic carbocycles. The maximum atomic E-state index is 12.1. The van der Waals surface area contributed by atoms with E-state index in [0.717, 1.165) is 28.8 Å². The van der Waals surface area contributed by atoms with Crippen LogP contribution in [-0.4, -0.2) is 42.5 Å². The molecule has 0 aliphatic carbocycles. The van der Waals surface area contributed by atoms with Crippen LogP contribution in [0.4, 0.5) is 5.69 Å². The Kier molecular flexibility index (Phi) is 7.13. The van der Waals surface area contributed by atoms with Gasteiger partial charge in [-0.1, -0.05) is 15.9 Å². The highest BCUT2D eigenvalue weighted by molar-refractivity contribution is 9.10. The average molecular weight is 377 g/mol. The van der Waals surface area contributed by atoms with E-state index in [1.54, 1.807) is 0 Å². The summed E-state index contributed by atoms with van der Waals surface area (Å²) in [5, 5.41) is 6.46. The fourth-order valence-corrected chi connectivity index (χ4v) is 3.21. The highest BCUT2D eigenvalue weighted by atomic mass is 79.9. The van der Waals surface area contributed by atoms with Gasteiger partial charge in [0, 0.05) is 35.3 Å². The maximum Gasteiger partial charge on any atom is 0.238 e. The van der Waals surface area contributed by atoms with Crippen LogP contribution in [0.2, 0.25) is 0 Å². The molecule has 118 valence electrons. The molecule has 21 heavy (non-hydrogen) atoms. The molecule has 2 N–H and O–H groups in total. The van der Waals surface area contributed by atoms with Crippen molar-refractivity contribution in [3.8, 4) is 0 Å². The van der Waals surface area contributed by atoms with Crippen molar-refractivity contribution in [1.29, 1.82) is 0 Å². The van der Waals surface area contributed by atoms with Gasteiger partial charge >= 0.3 is 0 Å². The van der Waals surface area contributed by atoms with Gasteiger partial charge in [0.15, 0.2) is 0 Å². The van der Waals surface area contributed by atoms with Crippen LogP contribution in [-0.2, 0) is 4.79 Å². The third-order valence-corrected chi connectivity index (χ3v) is 3.96. The number of carbonyl (C=O) groups is 1. The number of nitrogens with one attached hydrogen (secondary N) is 2. The van der Waals surface area contributed by atoms with E-state index in [1.807, 2.05) is 25.1 Å². The normalized spacial score (nSPS) is 22.5. The Morgan fingerprint density at radius 2 is 2.00 bits per heavy atom. The zero-order valence-electron chi connectivity index (χ0n) is 12.6. The molecule has 1 fully saturated rings. The van der Waals surface area contributed by atoms with Crippen LogP contribution < -0.4 is 10.6 Å². The van der Waals surface area contributed by atoms with Crippen LogP contribution in [0.1, 0.15) is 19.4 Å². The summed E-state index contributed by atoms with van der Waals surface area (Å²) in [5.74, 6) is 0.0525. The first-order valence-electron chi connectivity index (χ1n) is 6.98. The predicted octanol–water partition coefficient (Wildman–Crippen LogP) is 2.80. The van der Waals surface area contributed by atoms with Gasteiger partial charge in [-0.05, 0) is 44.5 Å². The molecule has 2 unspecified atom stereocenters. The van der Waals surface area contributed by atoms with Gasteiger partial charge in [0.05, 0.1) is 6.54 Å². The second kappa shape index (κ2) is 8.13. The number of aryl methyl sites for hydroxylation is 1. The van der Waals surface area contributed by atoms with E-state index in [4.69, 9.17) is 0 Å². The number of nitrogens with zero attached hydrogens (tertiary/aromatic N) is 1. The first-order chi connectivity index (χ1) is 9.44.